The van der Waals surface area contributed by atoms with Crippen LogP contribution in [0.4, 0.5) is 4.39 Å². The Morgan fingerprint density at radius 3 is 2.16 bits per heavy atom. The third kappa shape index (κ3) is 27.6. The highest BCUT2D eigenvalue weighted by molar-refractivity contribution is 5.98. The zero-order valence-corrected chi connectivity index (χ0v) is 69.2. The minimum Gasteiger partial charge on any atom is -0.497 e. The van der Waals surface area contributed by atoms with E-state index in [4.69, 9.17) is 24.1 Å². The van der Waals surface area contributed by atoms with Gasteiger partial charge in [0.25, 0.3) is 0 Å². The molecule has 1 aromatic heterocycles. The molecule has 2 saturated heterocycles. The second kappa shape index (κ2) is 45.7. The number of hydrogen-bond acceptors (Lipinski definition) is 18. The highest BCUT2D eigenvalue weighted by atomic mass is 19.1. The maximum Gasteiger partial charge on any atom is 0.303 e. The second-order valence-electron chi connectivity index (χ2n) is 31.2. The molecule has 5 heterocycles. The van der Waals surface area contributed by atoms with E-state index in [2.05, 4.69) is 53.2 Å². The number of carboxylic acid groups (broad SMARTS) is 1. The molecule has 1 unspecified atom stereocenters. The van der Waals surface area contributed by atoms with Gasteiger partial charge in [-0.05, 0) is 136 Å². The molecule has 0 saturated carbocycles. The van der Waals surface area contributed by atoms with Crippen LogP contribution in [-0.4, -0.2) is 240 Å². The number of aliphatic carboxylic acids is 1. The summed E-state index contributed by atoms with van der Waals surface area (Å²) >= 11 is 0. The molecule has 33 nitrogen and oxygen atoms in total. The van der Waals surface area contributed by atoms with Gasteiger partial charge >= 0.3 is 5.97 Å². The molecule has 4 aliphatic rings. The lowest BCUT2D eigenvalue weighted by atomic mass is 9.95. The first kappa shape index (κ1) is 92.5. The van der Waals surface area contributed by atoms with E-state index in [-0.39, 0.29) is 135 Å². The lowest BCUT2D eigenvalue weighted by molar-refractivity contribution is -0.146. The Balaban J connectivity index is 0.920. The summed E-state index contributed by atoms with van der Waals surface area (Å²) in [5, 5.41) is 36.9. The van der Waals surface area contributed by atoms with Gasteiger partial charge in [0.15, 0.2) is 0 Å². The predicted molar refractivity (Wildman–Crippen MR) is 438 cm³/mol. The number of benzene rings is 4. The smallest absolute Gasteiger partial charge is 0.303 e. The zero-order valence-electron chi connectivity index (χ0n) is 69.2. The van der Waals surface area contributed by atoms with Crippen LogP contribution in [0.1, 0.15) is 151 Å². The number of likely N-dealkylation sites (tertiary alicyclic amines) is 1. The fourth-order valence-corrected chi connectivity index (χ4v) is 15.3. The van der Waals surface area contributed by atoms with Gasteiger partial charge < -0.3 is 96.5 Å². The number of rotatable bonds is 28. The van der Waals surface area contributed by atoms with E-state index in [9.17, 15) is 57.5 Å². The van der Waals surface area contributed by atoms with E-state index in [1.54, 1.807) is 85.2 Å². The maximum atomic E-state index is 15.5. The van der Waals surface area contributed by atoms with Crippen molar-refractivity contribution in [2.45, 2.75) is 217 Å². The summed E-state index contributed by atoms with van der Waals surface area (Å²) in [6, 6.07) is 17.6. The van der Waals surface area contributed by atoms with Gasteiger partial charge in [0.2, 0.25) is 76.8 Å². The molecule has 13 amide bonds. The number of methoxy groups -OCH3 is 1. The molecule has 2 fully saturated rings. The van der Waals surface area contributed by atoms with E-state index in [0.29, 0.717) is 91.3 Å². The van der Waals surface area contributed by atoms with Gasteiger partial charge in [-0.25, -0.2) is 4.39 Å². The largest absolute Gasteiger partial charge is 0.497 e. The number of carbonyl (C=O) groups is 14. The molecule has 11 N–H and O–H groups in total. The predicted octanol–water partition coefficient (Wildman–Crippen LogP) is 2.75. The highest BCUT2D eigenvalue weighted by Crippen LogP contribution is 2.32. The summed E-state index contributed by atoms with van der Waals surface area (Å²) in [4.78, 5) is 197. The lowest BCUT2D eigenvalue weighted by Crippen LogP contribution is -2.61. The average molecular weight is 1670 g/mol. The third-order valence-electron chi connectivity index (χ3n) is 22.1. The first-order valence-corrected chi connectivity index (χ1v) is 41.4. The summed E-state index contributed by atoms with van der Waals surface area (Å²) < 4.78 is 39.9. The van der Waals surface area contributed by atoms with E-state index >= 15 is 14.0 Å². The molecule has 120 heavy (non-hydrogen) atoms. The van der Waals surface area contributed by atoms with Crippen LogP contribution in [0, 0.1) is 5.82 Å². The van der Waals surface area contributed by atoms with Crippen LogP contribution in [0.25, 0.3) is 10.9 Å². The van der Waals surface area contributed by atoms with Crippen molar-refractivity contribution in [3.05, 3.63) is 136 Å². The van der Waals surface area contributed by atoms with Gasteiger partial charge in [-0.1, -0.05) is 80.4 Å². The van der Waals surface area contributed by atoms with Gasteiger partial charge in [-0.15, -0.1) is 0 Å². The van der Waals surface area contributed by atoms with Gasteiger partial charge in [0.1, 0.15) is 66.6 Å². The summed E-state index contributed by atoms with van der Waals surface area (Å²) in [6.45, 7) is 8.35. The standard InChI is InChI=1S/C86H115FN14O19/c1-7-66(93-56(4)102)80(111)96-68(44-58-23-26-64(117-6)27-24-58)84(115)101-38-14-33-86(101,5)85(116)89-34-31-57-19-21-59(22-20-57)50-99-37-11-9-8-10-36-98-51-62(65-47-63(87)25-28-71(65)98)46-69-83(114)100-39-32-72(55(100)3)120-53-76(106)90-48-61-16-12-15-60(43-61)45-67(81(112)97-69)95-79(110)54(2)92-82(113)70(94-74(104)29-30-77(99)107)49-91-75(105)52-119-42-41-118-40-35-88-73(103)17-13-18-78(108)109/h12,15-16,19-28,43,47,51,54-55,66-70,72H,7-11,13-14,17-18,29-42,44-46,48-50,52-53H2,1-6H3,(H,88,103)(H,89,116)(H,90,106)(H,91,105)(H,92,113)(H,93,102)(H,94,104)(H,95,110)(H,96,111)(H,97,112)(H,108,109)/t54-,55?,66+,67+,68+,69+,70+,72+,86+/m1/s1. The molecule has 0 aliphatic carbocycles. The molecular weight excluding hydrogens is 1550 g/mol. The number of aromatic nitrogens is 1. The molecule has 650 valence electrons. The Morgan fingerprint density at radius 2 is 1.42 bits per heavy atom. The van der Waals surface area contributed by atoms with E-state index in [1.165, 1.54) is 38.0 Å². The van der Waals surface area contributed by atoms with Gasteiger partial charge in [0.05, 0.1) is 39.1 Å². The molecular formula is C86H115FN14O19. The van der Waals surface area contributed by atoms with Crippen molar-refractivity contribution in [2.24, 2.45) is 0 Å². The minimum absolute atomic E-state index is 0.0169. The number of nitrogens with zero attached hydrogens (tertiary/aromatic N) is 4. The lowest BCUT2D eigenvalue weighted by Gasteiger charge is -2.36. The number of nitrogens with one attached hydrogen (secondary N) is 10. The molecule has 4 aromatic carbocycles. The third-order valence-corrected chi connectivity index (χ3v) is 22.1. The van der Waals surface area contributed by atoms with Crippen LogP contribution in [0.5, 0.6) is 5.75 Å². The number of halogens is 1. The number of fused-ring (bicyclic) bond motifs is 12. The van der Waals surface area contributed by atoms with Crippen LogP contribution in [0.2, 0.25) is 0 Å². The number of hydrogen-bond donors (Lipinski definition) is 11. The van der Waals surface area contributed by atoms with Crippen molar-refractivity contribution in [3.8, 4) is 5.75 Å². The van der Waals surface area contributed by atoms with E-state index < -0.39 is 150 Å². The second-order valence-corrected chi connectivity index (χ2v) is 31.2. The Hall–Kier alpha value is -11.4. The summed E-state index contributed by atoms with van der Waals surface area (Å²) in [5.41, 5.74) is 3.48. The molecule has 0 spiro atoms. The fraction of sp³-hybridized carbons (Fsp3) is 0.535. The average Bonchev–Trinajstić information content (AvgIpc) is 1.63. The monoisotopic (exact) mass is 1670 g/mol. The maximum absolute atomic E-state index is 15.5. The van der Waals surface area contributed by atoms with Crippen LogP contribution in [0.3, 0.4) is 0 Å². The van der Waals surface area contributed by atoms with Gasteiger partial charge in [0, 0.05) is 128 Å². The van der Waals surface area contributed by atoms with Crippen LogP contribution in [0.15, 0.2) is 97.2 Å². The first-order chi connectivity index (χ1) is 57.6. The Kier molecular flexibility index (Phi) is 35.2. The molecule has 4 aliphatic heterocycles. The number of aryl methyl sites for hydroxylation is 1. The summed E-state index contributed by atoms with van der Waals surface area (Å²) in [6.07, 6.45) is 4.85. The number of amides is 13. The number of carboxylic acids is 1. The first-order valence-electron chi connectivity index (χ1n) is 41.4. The van der Waals surface area contributed by atoms with Crippen molar-refractivity contribution < 1.29 is 95.6 Å². The Bertz CT molecular complexity index is 4430. The summed E-state index contributed by atoms with van der Waals surface area (Å²) in [7, 11) is 1.54. The quantitative estimate of drug-likeness (QED) is 0.0321. The van der Waals surface area contributed by atoms with Crippen LogP contribution in [-0.2, 0) is 127 Å². The van der Waals surface area contributed by atoms with Crippen molar-refractivity contribution in [2.75, 3.05) is 79.4 Å². The molecule has 8 bridgehead atoms. The number of carbonyl (C=O) groups excluding carboxylic acids is 13. The van der Waals surface area contributed by atoms with E-state index in [1.807, 2.05) is 35.0 Å². The van der Waals surface area contributed by atoms with Crippen LogP contribution >= 0.6 is 0 Å². The number of ether oxygens (including phenoxy) is 4. The molecule has 9 rings (SSSR count). The molecule has 9 atom stereocenters. The molecule has 0 radical (unpaired) electrons. The molecule has 34 heteroatoms. The Labute approximate surface area is 697 Å². The highest BCUT2D eigenvalue weighted by Gasteiger charge is 2.48. The van der Waals surface area contributed by atoms with E-state index in [0.717, 1.165) is 16.7 Å². The fourth-order valence-electron chi connectivity index (χ4n) is 15.3. The Morgan fingerprint density at radius 1 is 0.692 bits per heavy atom. The van der Waals surface area contributed by atoms with Crippen molar-refractivity contribution >= 4 is 93.7 Å². The van der Waals surface area contributed by atoms with Crippen LogP contribution < -0.4 is 57.9 Å². The minimum atomic E-state index is -1.57. The topological polar surface area (TPSA) is 431 Å². The zero-order chi connectivity index (χ0) is 86.4. The van der Waals surface area contributed by atoms with Crippen molar-refractivity contribution in [3.63, 3.8) is 0 Å². The van der Waals surface area contributed by atoms with Gasteiger partial charge in [-0.2, -0.15) is 0 Å². The molecule has 5 aromatic rings. The van der Waals surface area contributed by atoms with Crippen molar-refractivity contribution in [1.29, 1.82) is 0 Å². The van der Waals surface area contributed by atoms with Crippen molar-refractivity contribution in [1.82, 2.24) is 72.4 Å². The SMILES string of the molecule is CC[C@H](NC(C)=O)C(=O)N[C@@H](Cc1ccc(OC)cc1)C(=O)N1CCC[C@@]1(C)C(=O)NCCc1ccc(CN2CCCCCCn3cc(c4cc(F)ccc43)C[C@@H]3NC(=O)[C@H](Cc4cccc(c4)CNC(=O)CO[C@H]4CCN(C3=O)C4C)NC(=O)[C@@H](C)NC(=O)[C@H](CNC(=O)COCCOCCNC(=O)CCCC(=O)O)NC(=O)CCC2=O)cc1. The normalized spacial score (nSPS) is 21.4. The van der Waals surface area contributed by atoms with Gasteiger partial charge in [-0.3, -0.25) is 67.1 Å². The summed E-state index contributed by atoms with van der Waals surface area (Å²) in [5.74, 6) is -8.40.